The molecule has 1 heterocycles. The molecule has 0 bridgehead atoms. The molecule has 0 fully saturated rings. The first kappa shape index (κ1) is 21.5. The van der Waals surface area contributed by atoms with Crippen molar-refractivity contribution >= 4 is 9.84 Å². The first-order chi connectivity index (χ1) is 13.1. The van der Waals surface area contributed by atoms with E-state index in [1.54, 1.807) is 12.1 Å². The van der Waals surface area contributed by atoms with E-state index in [0.717, 1.165) is 32.1 Å². The van der Waals surface area contributed by atoms with Gasteiger partial charge in [-0.05, 0) is 35.4 Å². The van der Waals surface area contributed by atoms with Crippen molar-refractivity contribution in [3.8, 4) is 5.69 Å². The van der Waals surface area contributed by atoms with E-state index in [1.807, 2.05) is 18.2 Å². The van der Waals surface area contributed by atoms with E-state index in [1.165, 1.54) is 30.4 Å². The zero-order valence-electron chi connectivity index (χ0n) is 15.8. The number of aliphatic hydroxyl groups is 1. The molecule has 2 aromatic rings. The van der Waals surface area contributed by atoms with Crippen LogP contribution in [-0.2, 0) is 9.84 Å². The molecule has 8 heteroatoms. The van der Waals surface area contributed by atoms with Crippen LogP contribution >= 0.6 is 0 Å². The third-order valence-electron chi connectivity index (χ3n) is 4.54. The minimum absolute atomic E-state index is 0.0708. The van der Waals surface area contributed by atoms with Crippen LogP contribution in [0.25, 0.3) is 5.69 Å². The fourth-order valence-electron chi connectivity index (χ4n) is 3.01. The smallest absolute Gasteiger partial charge is 0.272 e. The molecule has 0 aliphatic rings. The van der Waals surface area contributed by atoms with Crippen molar-refractivity contribution in [2.24, 2.45) is 0 Å². The molecular weight excluding hydrogens is 364 g/mol. The molecule has 0 aliphatic carbocycles. The van der Waals surface area contributed by atoms with Gasteiger partial charge in [0.1, 0.15) is 0 Å². The Hall–Kier alpha value is -1.80. The molecule has 150 valence electrons. The fourth-order valence-corrected chi connectivity index (χ4v) is 4.35. The van der Waals surface area contributed by atoms with Gasteiger partial charge in [-0.3, -0.25) is 0 Å². The lowest BCUT2D eigenvalue weighted by atomic mass is 10.1. The van der Waals surface area contributed by atoms with E-state index in [-0.39, 0.29) is 10.9 Å². The van der Waals surface area contributed by atoms with Crippen LogP contribution in [-0.4, -0.2) is 46.1 Å². The van der Waals surface area contributed by atoms with E-state index in [0.29, 0.717) is 18.7 Å². The Morgan fingerprint density at radius 1 is 0.815 bits per heavy atom. The van der Waals surface area contributed by atoms with Gasteiger partial charge in [0.05, 0.1) is 11.4 Å². The summed E-state index contributed by atoms with van der Waals surface area (Å²) in [5.41, 5.74) is 0.639. The number of benzene rings is 1. The summed E-state index contributed by atoms with van der Waals surface area (Å²) in [4.78, 5) is 0. The van der Waals surface area contributed by atoms with Gasteiger partial charge in [-0.2, -0.15) is 4.68 Å². The second-order valence-electron chi connectivity index (χ2n) is 6.79. The molecule has 0 radical (unpaired) electrons. The predicted octanol–water partition coefficient (Wildman–Crippen LogP) is 3.33. The summed E-state index contributed by atoms with van der Waals surface area (Å²) in [6.07, 6.45) is 10.5. The Morgan fingerprint density at radius 3 is 1.96 bits per heavy atom. The first-order valence-electron chi connectivity index (χ1n) is 9.82. The Labute approximate surface area is 161 Å². The Kier molecular flexibility index (Phi) is 9.41. The number of aliphatic hydroxyl groups excluding tert-OH is 1. The lowest BCUT2D eigenvalue weighted by Gasteiger charge is -2.06. The van der Waals surface area contributed by atoms with Crippen LogP contribution in [0, 0.1) is 0 Å². The summed E-state index contributed by atoms with van der Waals surface area (Å²) in [5.74, 6) is 0.0708. The molecule has 7 nitrogen and oxygen atoms in total. The maximum atomic E-state index is 12.6. The maximum Gasteiger partial charge on any atom is 0.272 e. The first-order valence-corrected chi connectivity index (χ1v) is 11.5. The van der Waals surface area contributed by atoms with Crippen LogP contribution in [0.3, 0.4) is 0 Å². The van der Waals surface area contributed by atoms with E-state index in [9.17, 15) is 8.42 Å². The van der Waals surface area contributed by atoms with Crippen LogP contribution in [0.1, 0.15) is 64.2 Å². The van der Waals surface area contributed by atoms with Crippen molar-refractivity contribution in [3.63, 3.8) is 0 Å². The van der Waals surface area contributed by atoms with Crippen molar-refractivity contribution in [2.75, 3.05) is 12.4 Å². The Bertz CT molecular complexity index is 747. The van der Waals surface area contributed by atoms with Gasteiger partial charge >= 0.3 is 0 Å². The highest BCUT2D eigenvalue weighted by Gasteiger charge is 2.23. The summed E-state index contributed by atoms with van der Waals surface area (Å²) in [6.45, 7) is 0.292. The standard InChI is InChI=1S/C19H30N4O3S/c24-16-12-7-5-3-1-2-4-6-8-13-17-27(25,26)19-20-21-22-23(19)18-14-10-9-11-15-18/h9-11,14-15,24H,1-8,12-13,16-17H2. The predicted molar refractivity (Wildman–Crippen MR) is 104 cm³/mol. The highest BCUT2D eigenvalue weighted by molar-refractivity contribution is 7.91. The number of sulfone groups is 1. The number of hydrogen-bond acceptors (Lipinski definition) is 6. The topological polar surface area (TPSA) is 98.0 Å². The molecule has 1 aromatic heterocycles. The lowest BCUT2D eigenvalue weighted by molar-refractivity contribution is 0.282. The Balaban J connectivity index is 1.67. The van der Waals surface area contributed by atoms with Crippen LogP contribution in [0.2, 0.25) is 0 Å². The largest absolute Gasteiger partial charge is 0.396 e. The minimum Gasteiger partial charge on any atom is -0.396 e. The maximum absolute atomic E-state index is 12.6. The third-order valence-corrected chi connectivity index (χ3v) is 6.18. The Morgan fingerprint density at radius 2 is 1.37 bits per heavy atom. The second-order valence-corrected chi connectivity index (χ2v) is 8.79. The normalized spacial score (nSPS) is 11.7. The molecule has 27 heavy (non-hydrogen) atoms. The molecule has 0 aliphatic heterocycles. The average molecular weight is 395 g/mol. The van der Waals surface area contributed by atoms with Gasteiger partial charge in [-0.25, -0.2) is 8.42 Å². The zero-order valence-corrected chi connectivity index (χ0v) is 16.6. The van der Waals surface area contributed by atoms with Crippen molar-refractivity contribution < 1.29 is 13.5 Å². The molecule has 0 saturated carbocycles. The summed E-state index contributed by atoms with van der Waals surface area (Å²) in [7, 11) is -3.50. The number of nitrogens with zero attached hydrogens (tertiary/aromatic N) is 4. The molecule has 1 N–H and O–H groups in total. The molecule has 0 unspecified atom stereocenters. The zero-order chi connectivity index (χ0) is 19.4. The quantitative estimate of drug-likeness (QED) is 0.494. The van der Waals surface area contributed by atoms with Crippen molar-refractivity contribution in [2.45, 2.75) is 69.4 Å². The number of hydrogen-bond donors (Lipinski definition) is 1. The average Bonchev–Trinajstić information content (AvgIpc) is 3.18. The van der Waals surface area contributed by atoms with Crippen LogP contribution in [0.5, 0.6) is 0 Å². The number of para-hydroxylation sites is 1. The van der Waals surface area contributed by atoms with E-state index >= 15 is 0 Å². The van der Waals surface area contributed by atoms with Crippen molar-refractivity contribution in [3.05, 3.63) is 30.3 Å². The van der Waals surface area contributed by atoms with Gasteiger partial charge in [0, 0.05) is 6.61 Å². The molecule has 1 aromatic carbocycles. The van der Waals surface area contributed by atoms with Crippen LogP contribution in [0.15, 0.2) is 35.5 Å². The summed E-state index contributed by atoms with van der Waals surface area (Å²) in [5, 5.41) is 19.7. The molecule has 0 saturated heterocycles. The number of unbranched alkanes of at least 4 members (excludes halogenated alkanes) is 9. The molecular formula is C19H30N4O3S. The van der Waals surface area contributed by atoms with Gasteiger partial charge in [0.2, 0.25) is 9.84 Å². The highest BCUT2D eigenvalue weighted by Crippen LogP contribution is 2.15. The fraction of sp³-hybridized carbons (Fsp3) is 0.632. The number of aromatic nitrogens is 4. The van der Waals surface area contributed by atoms with Crippen molar-refractivity contribution in [1.29, 1.82) is 0 Å². The molecule has 0 atom stereocenters. The van der Waals surface area contributed by atoms with Crippen LogP contribution < -0.4 is 0 Å². The van der Waals surface area contributed by atoms with Gasteiger partial charge in [0.25, 0.3) is 5.16 Å². The lowest BCUT2D eigenvalue weighted by Crippen LogP contribution is -2.14. The highest BCUT2D eigenvalue weighted by atomic mass is 32.2. The van der Waals surface area contributed by atoms with Crippen LogP contribution in [0.4, 0.5) is 0 Å². The van der Waals surface area contributed by atoms with Gasteiger partial charge < -0.3 is 5.11 Å². The number of rotatable bonds is 14. The minimum atomic E-state index is -3.50. The van der Waals surface area contributed by atoms with E-state index < -0.39 is 9.84 Å². The monoisotopic (exact) mass is 394 g/mol. The van der Waals surface area contributed by atoms with Crippen molar-refractivity contribution in [1.82, 2.24) is 20.2 Å². The summed E-state index contributed by atoms with van der Waals surface area (Å²) < 4.78 is 26.4. The van der Waals surface area contributed by atoms with Gasteiger partial charge in [0.15, 0.2) is 0 Å². The second kappa shape index (κ2) is 11.8. The SMILES string of the molecule is O=S(=O)(CCCCCCCCCCCCO)c1nnnn1-c1ccccc1. The summed E-state index contributed by atoms with van der Waals surface area (Å²) >= 11 is 0. The van der Waals surface area contributed by atoms with Gasteiger partial charge in [-0.15, -0.1) is 0 Å². The third kappa shape index (κ3) is 7.38. The summed E-state index contributed by atoms with van der Waals surface area (Å²) in [6, 6.07) is 9.05. The molecule has 2 rings (SSSR count). The molecule has 0 spiro atoms. The molecule has 0 amide bonds. The number of tetrazole rings is 1. The van der Waals surface area contributed by atoms with E-state index in [2.05, 4.69) is 15.5 Å². The van der Waals surface area contributed by atoms with E-state index in [4.69, 9.17) is 5.11 Å². The van der Waals surface area contributed by atoms with Gasteiger partial charge in [-0.1, -0.05) is 74.7 Å².